The Labute approximate surface area is 149 Å². The van der Waals surface area contributed by atoms with Gasteiger partial charge in [0.15, 0.2) is 11.6 Å². The first-order chi connectivity index (χ1) is 11.9. The van der Waals surface area contributed by atoms with Crippen LogP contribution in [0.4, 0.5) is 17.6 Å². The second-order valence-corrected chi connectivity index (χ2v) is 6.88. The lowest BCUT2D eigenvalue weighted by Crippen LogP contribution is -2.41. The van der Waals surface area contributed by atoms with Crippen molar-refractivity contribution in [2.75, 3.05) is 19.8 Å². The van der Waals surface area contributed by atoms with E-state index in [-0.39, 0.29) is 25.7 Å². The minimum Gasteiger partial charge on any atom is -0.420 e. The van der Waals surface area contributed by atoms with E-state index >= 15 is 0 Å². The predicted molar refractivity (Wildman–Crippen MR) is 85.6 cm³/mol. The molecular weight excluding hydrogens is 358 g/mol. The van der Waals surface area contributed by atoms with E-state index in [0.717, 1.165) is 0 Å². The molecule has 0 spiro atoms. The van der Waals surface area contributed by atoms with Gasteiger partial charge in [0.25, 0.3) is 0 Å². The first kappa shape index (κ1) is 22.3. The second kappa shape index (κ2) is 8.79. The monoisotopic (exact) mass is 381 g/mol. The standard InChI is InChI=1S/C17H23F4NO4/c1-16(2,8-22)25-9-17(3,4)24-6-5-12(23)26-15-13(20)10(18)7-11(19)14(15)21/h7H,5-6,8-9,22H2,1-4H3. The molecule has 0 aliphatic rings. The third-order valence-corrected chi connectivity index (χ3v) is 3.39. The normalized spacial score (nSPS) is 12.3. The maximum atomic E-state index is 13.4. The summed E-state index contributed by atoms with van der Waals surface area (Å²) in [4.78, 5) is 11.7. The number of halogens is 4. The van der Waals surface area contributed by atoms with Crippen LogP contribution in [0.3, 0.4) is 0 Å². The summed E-state index contributed by atoms with van der Waals surface area (Å²) in [6, 6.07) is 0.0243. The Kier molecular flexibility index (Phi) is 7.55. The lowest BCUT2D eigenvalue weighted by atomic mass is 10.1. The molecule has 1 aromatic rings. The largest absolute Gasteiger partial charge is 0.420 e. The molecule has 0 bridgehead atoms. The third kappa shape index (κ3) is 6.54. The molecule has 9 heteroatoms. The molecule has 1 rings (SSSR count). The number of nitrogens with two attached hydrogens (primary N) is 1. The van der Waals surface area contributed by atoms with Crippen molar-refractivity contribution >= 4 is 5.97 Å². The summed E-state index contributed by atoms with van der Waals surface area (Å²) < 4.78 is 68.5. The van der Waals surface area contributed by atoms with Gasteiger partial charge >= 0.3 is 5.97 Å². The van der Waals surface area contributed by atoms with Gasteiger partial charge in [-0.1, -0.05) is 0 Å². The summed E-state index contributed by atoms with van der Waals surface area (Å²) in [6.45, 7) is 7.38. The predicted octanol–water partition coefficient (Wildman–Crippen LogP) is 3.09. The van der Waals surface area contributed by atoms with Gasteiger partial charge in [-0.3, -0.25) is 4.79 Å². The van der Waals surface area contributed by atoms with E-state index in [9.17, 15) is 22.4 Å². The van der Waals surface area contributed by atoms with E-state index in [1.807, 2.05) is 13.8 Å². The fourth-order valence-electron chi connectivity index (χ4n) is 1.69. The van der Waals surface area contributed by atoms with Crippen molar-refractivity contribution in [3.63, 3.8) is 0 Å². The average molecular weight is 381 g/mol. The Balaban J connectivity index is 2.56. The molecule has 0 aromatic heterocycles. The molecule has 0 saturated heterocycles. The molecule has 0 fully saturated rings. The van der Waals surface area contributed by atoms with Crippen molar-refractivity contribution in [1.29, 1.82) is 0 Å². The molecule has 0 atom stereocenters. The Morgan fingerprint density at radius 2 is 1.54 bits per heavy atom. The quantitative estimate of drug-likeness (QED) is 0.308. The minimum atomic E-state index is -1.78. The Bertz CT molecular complexity index is 624. The molecule has 0 radical (unpaired) electrons. The Morgan fingerprint density at radius 3 is 2.04 bits per heavy atom. The van der Waals surface area contributed by atoms with Gasteiger partial charge in [-0.15, -0.1) is 0 Å². The van der Waals surface area contributed by atoms with Gasteiger partial charge in [0.1, 0.15) is 0 Å². The zero-order chi connectivity index (χ0) is 20.1. The second-order valence-electron chi connectivity index (χ2n) is 6.88. The van der Waals surface area contributed by atoms with Gasteiger partial charge in [-0.05, 0) is 27.7 Å². The van der Waals surface area contributed by atoms with Crippen LogP contribution < -0.4 is 10.5 Å². The molecule has 2 N–H and O–H groups in total. The molecule has 0 aliphatic heterocycles. The van der Waals surface area contributed by atoms with Crippen LogP contribution in [0, 0.1) is 23.3 Å². The summed E-state index contributed by atoms with van der Waals surface area (Å²) in [5, 5.41) is 0. The van der Waals surface area contributed by atoms with Crippen LogP contribution >= 0.6 is 0 Å². The summed E-state index contributed by atoms with van der Waals surface area (Å²) >= 11 is 0. The summed E-state index contributed by atoms with van der Waals surface area (Å²) in [5.74, 6) is -9.41. The number of hydrogen-bond donors (Lipinski definition) is 1. The lowest BCUT2D eigenvalue weighted by Gasteiger charge is -2.31. The number of carbonyl (C=O) groups excluding carboxylic acids is 1. The van der Waals surface area contributed by atoms with Crippen LogP contribution in [0.15, 0.2) is 6.07 Å². The fourth-order valence-corrected chi connectivity index (χ4v) is 1.69. The van der Waals surface area contributed by atoms with Crippen molar-refractivity contribution in [2.24, 2.45) is 5.73 Å². The van der Waals surface area contributed by atoms with Gasteiger partial charge in [-0.2, -0.15) is 8.78 Å². The van der Waals surface area contributed by atoms with Gasteiger partial charge in [0.05, 0.1) is 30.8 Å². The summed E-state index contributed by atoms with van der Waals surface area (Å²) in [6.07, 6.45) is -0.388. The van der Waals surface area contributed by atoms with Crippen LogP contribution in [0.1, 0.15) is 34.1 Å². The molecule has 0 aliphatic carbocycles. The molecule has 26 heavy (non-hydrogen) atoms. The molecule has 0 unspecified atom stereocenters. The molecule has 0 heterocycles. The Morgan fingerprint density at radius 1 is 1.00 bits per heavy atom. The van der Waals surface area contributed by atoms with Crippen molar-refractivity contribution in [3.05, 3.63) is 29.3 Å². The molecular formula is C17H23F4NO4. The van der Waals surface area contributed by atoms with Gasteiger partial charge < -0.3 is 19.9 Å². The molecule has 1 aromatic carbocycles. The smallest absolute Gasteiger partial charge is 0.313 e. The maximum absolute atomic E-state index is 13.4. The van der Waals surface area contributed by atoms with Crippen molar-refractivity contribution in [2.45, 2.75) is 45.3 Å². The molecule has 148 valence electrons. The van der Waals surface area contributed by atoms with Crippen molar-refractivity contribution < 1.29 is 36.6 Å². The molecule has 0 saturated carbocycles. The van der Waals surface area contributed by atoms with Gasteiger partial charge in [0, 0.05) is 12.6 Å². The van der Waals surface area contributed by atoms with E-state index in [4.69, 9.17) is 15.2 Å². The van der Waals surface area contributed by atoms with E-state index in [1.165, 1.54) is 0 Å². The van der Waals surface area contributed by atoms with Crippen molar-refractivity contribution in [1.82, 2.24) is 0 Å². The van der Waals surface area contributed by atoms with Crippen molar-refractivity contribution in [3.8, 4) is 5.75 Å². The number of hydrogen-bond acceptors (Lipinski definition) is 5. The van der Waals surface area contributed by atoms with Gasteiger partial charge in [0.2, 0.25) is 17.4 Å². The Hall–Kier alpha value is -1.71. The van der Waals surface area contributed by atoms with Crippen LogP contribution in [-0.4, -0.2) is 36.9 Å². The van der Waals surface area contributed by atoms with E-state index < -0.39 is 46.2 Å². The first-order valence-corrected chi connectivity index (χ1v) is 7.90. The van der Waals surface area contributed by atoms with E-state index in [1.54, 1.807) is 13.8 Å². The maximum Gasteiger partial charge on any atom is 0.313 e. The topological polar surface area (TPSA) is 70.8 Å². The SMILES string of the molecule is CC(C)(CN)OCC(C)(C)OCCC(=O)Oc1c(F)c(F)cc(F)c1F. The number of esters is 1. The minimum absolute atomic E-state index is 0.0243. The first-order valence-electron chi connectivity index (χ1n) is 7.90. The highest BCUT2D eigenvalue weighted by atomic mass is 19.2. The zero-order valence-electron chi connectivity index (χ0n) is 15.1. The zero-order valence-corrected chi connectivity index (χ0v) is 15.1. The van der Waals surface area contributed by atoms with E-state index in [2.05, 4.69) is 4.74 Å². The lowest BCUT2D eigenvalue weighted by molar-refractivity contribution is -0.141. The average Bonchev–Trinajstić information content (AvgIpc) is 2.55. The highest BCUT2D eigenvalue weighted by Crippen LogP contribution is 2.26. The molecule has 0 amide bonds. The van der Waals surface area contributed by atoms with Crippen LogP contribution in [0.2, 0.25) is 0 Å². The highest BCUT2D eigenvalue weighted by molar-refractivity contribution is 5.72. The highest BCUT2D eigenvalue weighted by Gasteiger charge is 2.26. The third-order valence-electron chi connectivity index (χ3n) is 3.39. The van der Waals surface area contributed by atoms with Crippen LogP contribution in [0.25, 0.3) is 0 Å². The molecule has 5 nitrogen and oxygen atoms in total. The number of benzene rings is 1. The summed E-state index contributed by atoms with van der Waals surface area (Å²) in [5.41, 5.74) is 4.24. The number of rotatable bonds is 9. The summed E-state index contributed by atoms with van der Waals surface area (Å²) in [7, 11) is 0. The number of carbonyl (C=O) groups is 1. The fraction of sp³-hybridized carbons (Fsp3) is 0.588. The van der Waals surface area contributed by atoms with E-state index in [0.29, 0.717) is 6.54 Å². The van der Waals surface area contributed by atoms with Crippen LogP contribution in [-0.2, 0) is 14.3 Å². The number of ether oxygens (including phenoxy) is 3. The van der Waals surface area contributed by atoms with Crippen LogP contribution in [0.5, 0.6) is 5.75 Å². The van der Waals surface area contributed by atoms with Gasteiger partial charge in [-0.25, -0.2) is 8.78 Å².